The number of carbonyl (C=O) groups excluding carboxylic acids is 2. The minimum absolute atomic E-state index is 0.0732. The highest BCUT2D eigenvalue weighted by atomic mass is 16.2. The van der Waals surface area contributed by atoms with E-state index in [0.29, 0.717) is 19.1 Å². The fraction of sp³-hybridized carbons (Fsp3) is 0.750. The zero-order valence-corrected chi connectivity index (χ0v) is 20.1. The molecule has 0 radical (unpaired) electrons. The highest BCUT2D eigenvalue weighted by Gasteiger charge is 2.36. The number of anilines is 1. The van der Waals surface area contributed by atoms with Gasteiger partial charge in [-0.1, -0.05) is 0 Å². The molecule has 176 valence electrons. The van der Waals surface area contributed by atoms with Crippen LogP contribution in [0.1, 0.15) is 76.0 Å². The predicted octanol–water partition coefficient (Wildman–Crippen LogP) is 2.60. The smallest absolute Gasteiger partial charge is 0.226 e. The Hall–Kier alpha value is -2.22. The van der Waals surface area contributed by atoms with Gasteiger partial charge in [-0.25, -0.2) is 9.97 Å². The number of hydrogen-bond acceptors (Lipinski definition) is 6. The number of amides is 2. The van der Waals surface area contributed by atoms with Crippen LogP contribution in [0.5, 0.6) is 0 Å². The van der Waals surface area contributed by atoms with Gasteiger partial charge in [0, 0.05) is 44.6 Å². The molecule has 4 heterocycles. The van der Waals surface area contributed by atoms with Crippen LogP contribution in [0.15, 0.2) is 0 Å². The Bertz CT molecular complexity index is 849. The number of rotatable bonds is 4. The van der Waals surface area contributed by atoms with Crippen molar-refractivity contribution < 1.29 is 9.59 Å². The fourth-order valence-corrected chi connectivity index (χ4v) is 5.44. The van der Waals surface area contributed by atoms with E-state index >= 15 is 0 Å². The number of carbonyl (C=O) groups is 2. The summed E-state index contributed by atoms with van der Waals surface area (Å²) in [5.74, 6) is 2.02. The first-order valence-corrected chi connectivity index (χ1v) is 12.3. The molecule has 0 saturated carbocycles. The minimum atomic E-state index is -0.0792. The van der Waals surface area contributed by atoms with Gasteiger partial charge in [-0.2, -0.15) is 0 Å². The summed E-state index contributed by atoms with van der Waals surface area (Å²) in [7, 11) is 1.88. The number of nitrogens with zero attached hydrogens (tertiary/aromatic N) is 5. The zero-order chi connectivity index (χ0) is 22.8. The Labute approximate surface area is 191 Å². The Kier molecular flexibility index (Phi) is 6.98. The molecule has 1 aromatic heterocycles. The number of piperidine rings is 2. The first kappa shape index (κ1) is 23.0. The van der Waals surface area contributed by atoms with E-state index in [1.807, 2.05) is 11.9 Å². The molecule has 0 bridgehead atoms. The first-order chi connectivity index (χ1) is 15.4. The fourth-order valence-electron chi connectivity index (χ4n) is 5.44. The standard InChI is InChI=1S/C24H38N6O2/c1-16(2)28-12-8-18(9-13-28)24(32)30-11-6-5-7-21(30)23-26-20-15-29(17(3)31)14-10-19(20)22(25-4)27-23/h16,18,21H,5-15H2,1-4H3,(H,25,26,27)/t21-/m1/s1. The maximum atomic E-state index is 13.6. The Morgan fingerprint density at radius 3 is 2.44 bits per heavy atom. The van der Waals surface area contributed by atoms with E-state index in [9.17, 15) is 9.59 Å². The number of aromatic nitrogens is 2. The second-order valence-corrected chi connectivity index (χ2v) is 9.74. The van der Waals surface area contributed by atoms with Crippen LogP contribution in [0, 0.1) is 5.92 Å². The molecule has 0 aliphatic carbocycles. The molecule has 1 aromatic rings. The van der Waals surface area contributed by atoms with E-state index in [0.717, 1.165) is 81.1 Å². The maximum Gasteiger partial charge on any atom is 0.226 e. The first-order valence-electron chi connectivity index (χ1n) is 12.3. The van der Waals surface area contributed by atoms with E-state index in [-0.39, 0.29) is 23.8 Å². The summed E-state index contributed by atoms with van der Waals surface area (Å²) in [4.78, 5) is 41.7. The second kappa shape index (κ2) is 9.73. The minimum Gasteiger partial charge on any atom is -0.373 e. The third kappa shape index (κ3) is 4.60. The van der Waals surface area contributed by atoms with Crippen molar-refractivity contribution in [3.8, 4) is 0 Å². The summed E-state index contributed by atoms with van der Waals surface area (Å²) in [6.07, 6.45) is 5.63. The predicted molar refractivity (Wildman–Crippen MR) is 124 cm³/mol. The SMILES string of the molecule is CNc1nc([C@H]2CCCCN2C(=O)C2CCN(C(C)C)CC2)nc2c1CCN(C(C)=O)C2. The summed E-state index contributed by atoms with van der Waals surface area (Å²) in [6, 6.07) is 0.455. The van der Waals surface area contributed by atoms with Gasteiger partial charge in [0.1, 0.15) is 5.82 Å². The molecule has 0 unspecified atom stereocenters. The van der Waals surface area contributed by atoms with E-state index in [1.165, 1.54) is 0 Å². The molecule has 32 heavy (non-hydrogen) atoms. The molecular formula is C24H38N6O2. The zero-order valence-electron chi connectivity index (χ0n) is 20.1. The van der Waals surface area contributed by atoms with Gasteiger partial charge in [0.25, 0.3) is 0 Å². The topological polar surface area (TPSA) is 81.7 Å². The average Bonchev–Trinajstić information content (AvgIpc) is 2.82. The summed E-state index contributed by atoms with van der Waals surface area (Å²) in [5.41, 5.74) is 2.02. The van der Waals surface area contributed by atoms with Crippen molar-refractivity contribution in [2.75, 3.05) is 38.5 Å². The van der Waals surface area contributed by atoms with Crippen LogP contribution in [-0.4, -0.2) is 75.8 Å². The normalized spacial score (nSPS) is 22.7. The highest BCUT2D eigenvalue weighted by molar-refractivity contribution is 5.79. The summed E-state index contributed by atoms with van der Waals surface area (Å²) in [6.45, 7) is 10.0. The van der Waals surface area contributed by atoms with Crippen molar-refractivity contribution in [2.45, 2.75) is 77.9 Å². The average molecular weight is 443 g/mol. The number of likely N-dealkylation sites (tertiary alicyclic amines) is 2. The van der Waals surface area contributed by atoms with Crippen molar-refractivity contribution in [1.29, 1.82) is 0 Å². The molecule has 8 nitrogen and oxygen atoms in total. The molecule has 0 aromatic carbocycles. The van der Waals surface area contributed by atoms with E-state index in [2.05, 4.69) is 29.0 Å². The van der Waals surface area contributed by atoms with E-state index in [4.69, 9.17) is 9.97 Å². The number of nitrogens with one attached hydrogen (secondary N) is 1. The molecule has 2 fully saturated rings. The monoisotopic (exact) mass is 442 g/mol. The molecular weight excluding hydrogens is 404 g/mol. The third-order valence-electron chi connectivity index (χ3n) is 7.46. The second-order valence-electron chi connectivity index (χ2n) is 9.74. The van der Waals surface area contributed by atoms with Gasteiger partial charge in [0.15, 0.2) is 5.82 Å². The largest absolute Gasteiger partial charge is 0.373 e. The van der Waals surface area contributed by atoms with Crippen LogP contribution >= 0.6 is 0 Å². The van der Waals surface area contributed by atoms with Gasteiger partial charge >= 0.3 is 0 Å². The Morgan fingerprint density at radius 2 is 1.78 bits per heavy atom. The van der Waals surface area contributed by atoms with Gasteiger partial charge in [-0.15, -0.1) is 0 Å². The summed E-state index contributed by atoms with van der Waals surface area (Å²) >= 11 is 0. The Balaban J connectivity index is 1.57. The van der Waals surface area contributed by atoms with Crippen molar-refractivity contribution in [3.63, 3.8) is 0 Å². The van der Waals surface area contributed by atoms with Crippen LogP contribution in [-0.2, 0) is 22.6 Å². The van der Waals surface area contributed by atoms with Crippen LogP contribution in [0.25, 0.3) is 0 Å². The van der Waals surface area contributed by atoms with Gasteiger partial charge in [-0.05, 0) is 65.5 Å². The van der Waals surface area contributed by atoms with E-state index < -0.39 is 0 Å². The van der Waals surface area contributed by atoms with Crippen LogP contribution in [0.3, 0.4) is 0 Å². The molecule has 4 rings (SSSR count). The van der Waals surface area contributed by atoms with Crippen molar-refractivity contribution in [1.82, 2.24) is 24.7 Å². The lowest BCUT2D eigenvalue weighted by Gasteiger charge is -2.40. The van der Waals surface area contributed by atoms with Gasteiger partial charge in [0.2, 0.25) is 11.8 Å². The van der Waals surface area contributed by atoms with Gasteiger partial charge < -0.3 is 20.0 Å². The molecule has 3 aliphatic rings. The lowest BCUT2D eigenvalue weighted by Crippen LogP contribution is -2.47. The molecule has 1 atom stereocenters. The van der Waals surface area contributed by atoms with Crippen LogP contribution in [0.4, 0.5) is 5.82 Å². The van der Waals surface area contributed by atoms with Crippen molar-refractivity contribution in [3.05, 3.63) is 17.1 Å². The van der Waals surface area contributed by atoms with Crippen molar-refractivity contribution >= 4 is 17.6 Å². The number of fused-ring (bicyclic) bond motifs is 1. The molecule has 8 heteroatoms. The lowest BCUT2D eigenvalue weighted by molar-refractivity contribution is -0.141. The Morgan fingerprint density at radius 1 is 1.03 bits per heavy atom. The summed E-state index contributed by atoms with van der Waals surface area (Å²) < 4.78 is 0. The molecule has 2 amide bonds. The van der Waals surface area contributed by atoms with E-state index in [1.54, 1.807) is 6.92 Å². The summed E-state index contributed by atoms with van der Waals surface area (Å²) in [5, 5.41) is 3.24. The van der Waals surface area contributed by atoms with Crippen LogP contribution < -0.4 is 5.32 Å². The lowest BCUT2D eigenvalue weighted by atomic mass is 9.91. The quantitative estimate of drug-likeness (QED) is 0.772. The molecule has 2 saturated heterocycles. The molecule has 3 aliphatic heterocycles. The van der Waals surface area contributed by atoms with Gasteiger partial charge in [-0.3, -0.25) is 9.59 Å². The maximum absolute atomic E-state index is 13.6. The highest BCUT2D eigenvalue weighted by Crippen LogP contribution is 2.34. The molecule has 0 spiro atoms. The number of hydrogen-bond donors (Lipinski definition) is 1. The van der Waals surface area contributed by atoms with Crippen LogP contribution in [0.2, 0.25) is 0 Å². The van der Waals surface area contributed by atoms with Gasteiger partial charge in [0.05, 0.1) is 18.3 Å². The molecule has 1 N–H and O–H groups in total. The van der Waals surface area contributed by atoms with Crippen molar-refractivity contribution in [2.24, 2.45) is 5.92 Å². The third-order valence-corrected chi connectivity index (χ3v) is 7.46.